The standard InChI is InChI=1S/C12H22N2O4/c13-9-1-2-10(14(8-9)11(15)16)7-12(17)3-5-18-6-4-12/h9-10,17H,1-8,13H2,(H,15,16)/t9-,10-/m0/s1. The Morgan fingerprint density at radius 2 is 2.06 bits per heavy atom. The highest BCUT2D eigenvalue weighted by Gasteiger charge is 2.38. The van der Waals surface area contributed by atoms with Crippen LogP contribution in [0, 0.1) is 0 Å². The van der Waals surface area contributed by atoms with Crippen LogP contribution in [0.5, 0.6) is 0 Å². The van der Waals surface area contributed by atoms with Crippen LogP contribution in [-0.4, -0.2) is 58.6 Å². The van der Waals surface area contributed by atoms with Crippen molar-refractivity contribution in [1.29, 1.82) is 0 Å². The summed E-state index contributed by atoms with van der Waals surface area (Å²) in [5.74, 6) is 0. The molecule has 2 heterocycles. The van der Waals surface area contributed by atoms with Gasteiger partial charge in [0.15, 0.2) is 0 Å². The summed E-state index contributed by atoms with van der Waals surface area (Å²) in [7, 11) is 0. The molecule has 0 aliphatic carbocycles. The van der Waals surface area contributed by atoms with Crippen molar-refractivity contribution in [3.05, 3.63) is 0 Å². The van der Waals surface area contributed by atoms with E-state index in [9.17, 15) is 15.0 Å². The van der Waals surface area contributed by atoms with Gasteiger partial charge in [-0.15, -0.1) is 0 Å². The van der Waals surface area contributed by atoms with Crippen molar-refractivity contribution in [1.82, 2.24) is 4.90 Å². The molecule has 2 rings (SSSR count). The van der Waals surface area contributed by atoms with Crippen molar-refractivity contribution in [3.63, 3.8) is 0 Å². The minimum atomic E-state index is -0.939. The molecule has 4 N–H and O–H groups in total. The van der Waals surface area contributed by atoms with Gasteiger partial charge < -0.3 is 25.6 Å². The third-order valence-electron chi connectivity index (χ3n) is 4.03. The molecule has 0 saturated carbocycles. The van der Waals surface area contributed by atoms with Crippen molar-refractivity contribution in [2.75, 3.05) is 19.8 Å². The second kappa shape index (κ2) is 5.42. The number of carbonyl (C=O) groups is 1. The van der Waals surface area contributed by atoms with E-state index in [0.717, 1.165) is 12.8 Å². The zero-order valence-electron chi connectivity index (χ0n) is 10.5. The van der Waals surface area contributed by atoms with E-state index >= 15 is 0 Å². The Morgan fingerprint density at radius 1 is 1.39 bits per heavy atom. The van der Waals surface area contributed by atoms with E-state index in [1.807, 2.05) is 0 Å². The lowest BCUT2D eigenvalue weighted by Crippen LogP contribution is -2.54. The first-order chi connectivity index (χ1) is 8.50. The summed E-state index contributed by atoms with van der Waals surface area (Å²) in [5.41, 5.74) is 5.02. The Bertz CT molecular complexity index is 304. The summed E-state index contributed by atoms with van der Waals surface area (Å²) in [6.07, 6.45) is 2.28. The van der Waals surface area contributed by atoms with Gasteiger partial charge in [0.05, 0.1) is 5.60 Å². The maximum absolute atomic E-state index is 11.2. The minimum Gasteiger partial charge on any atom is -0.465 e. The molecular weight excluding hydrogens is 236 g/mol. The van der Waals surface area contributed by atoms with Crippen LogP contribution < -0.4 is 5.73 Å². The van der Waals surface area contributed by atoms with Gasteiger partial charge in [0.1, 0.15) is 0 Å². The summed E-state index contributed by atoms with van der Waals surface area (Å²) in [6, 6.07) is -0.202. The summed E-state index contributed by atoms with van der Waals surface area (Å²) in [5, 5.41) is 19.7. The fourth-order valence-electron chi connectivity index (χ4n) is 2.90. The molecule has 104 valence electrons. The first-order valence-electron chi connectivity index (χ1n) is 6.55. The molecule has 2 atom stereocenters. The molecule has 2 aliphatic rings. The van der Waals surface area contributed by atoms with Gasteiger partial charge in [0, 0.05) is 31.8 Å². The van der Waals surface area contributed by atoms with Gasteiger partial charge in [-0.3, -0.25) is 0 Å². The molecule has 1 amide bonds. The largest absolute Gasteiger partial charge is 0.465 e. The Kier molecular flexibility index (Phi) is 4.09. The summed E-state index contributed by atoms with van der Waals surface area (Å²) in [6.45, 7) is 1.47. The molecule has 0 spiro atoms. The Labute approximate surface area is 107 Å². The van der Waals surface area contributed by atoms with E-state index in [0.29, 0.717) is 39.0 Å². The van der Waals surface area contributed by atoms with Crippen LogP contribution >= 0.6 is 0 Å². The number of hydrogen-bond donors (Lipinski definition) is 3. The highest BCUT2D eigenvalue weighted by atomic mass is 16.5. The van der Waals surface area contributed by atoms with E-state index < -0.39 is 11.7 Å². The number of carboxylic acid groups (broad SMARTS) is 1. The first-order valence-corrected chi connectivity index (χ1v) is 6.55. The third-order valence-corrected chi connectivity index (χ3v) is 4.03. The number of ether oxygens (including phenoxy) is 1. The van der Waals surface area contributed by atoms with Crippen LogP contribution in [-0.2, 0) is 4.74 Å². The molecule has 6 heteroatoms. The molecule has 0 aromatic heterocycles. The molecule has 6 nitrogen and oxygen atoms in total. The number of hydrogen-bond acceptors (Lipinski definition) is 4. The monoisotopic (exact) mass is 258 g/mol. The fourth-order valence-corrected chi connectivity index (χ4v) is 2.90. The zero-order chi connectivity index (χ0) is 13.2. The normalized spacial score (nSPS) is 32.2. The second-order valence-electron chi connectivity index (χ2n) is 5.47. The van der Waals surface area contributed by atoms with Crippen LogP contribution in [0.3, 0.4) is 0 Å². The number of amides is 1. The highest BCUT2D eigenvalue weighted by Crippen LogP contribution is 2.31. The van der Waals surface area contributed by atoms with E-state index in [-0.39, 0.29) is 12.1 Å². The molecule has 18 heavy (non-hydrogen) atoms. The van der Waals surface area contributed by atoms with Crippen LogP contribution in [0.2, 0.25) is 0 Å². The number of rotatable bonds is 2. The van der Waals surface area contributed by atoms with Gasteiger partial charge in [0.2, 0.25) is 0 Å². The van der Waals surface area contributed by atoms with E-state index in [1.54, 1.807) is 0 Å². The molecule has 0 aromatic rings. The van der Waals surface area contributed by atoms with Gasteiger partial charge in [-0.25, -0.2) is 4.79 Å². The van der Waals surface area contributed by atoms with Gasteiger partial charge in [-0.2, -0.15) is 0 Å². The lowest BCUT2D eigenvalue weighted by atomic mass is 9.83. The van der Waals surface area contributed by atoms with Crippen LogP contribution in [0.1, 0.15) is 32.1 Å². The van der Waals surface area contributed by atoms with Crippen LogP contribution in [0.25, 0.3) is 0 Å². The van der Waals surface area contributed by atoms with Gasteiger partial charge in [0.25, 0.3) is 0 Å². The van der Waals surface area contributed by atoms with Crippen molar-refractivity contribution < 1.29 is 19.7 Å². The predicted octanol–water partition coefficient (Wildman–Crippen LogP) is 0.388. The smallest absolute Gasteiger partial charge is 0.407 e. The first kappa shape index (κ1) is 13.6. The van der Waals surface area contributed by atoms with Crippen LogP contribution in [0.15, 0.2) is 0 Å². The van der Waals surface area contributed by atoms with Crippen molar-refractivity contribution in [2.45, 2.75) is 49.8 Å². The number of aliphatic hydroxyl groups is 1. The zero-order valence-corrected chi connectivity index (χ0v) is 10.5. The van der Waals surface area contributed by atoms with Crippen molar-refractivity contribution in [3.8, 4) is 0 Å². The van der Waals surface area contributed by atoms with Crippen LogP contribution in [0.4, 0.5) is 4.79 Å². The van der Waals surface area contributed by atoms with Gasteiger partial charge in [-0.05, 0) is 32.1 Å². The number of likely N-dealkylation sites (tertiary alicyclic amines) is 1. The van der Waals surface area contributed by atoms with E-state index in [2.05, 4.69) is 0 Å². The average molecular weight is 258 g/mol. The van der Waals surface area contributed by atoms with E-state index in [1.165, 1.54) is 4.90 Å². The maximum Gasteiger partial charge on any atom is 0.407 e. The molecule has 0 radical (unpaired) electrons. The Hall–Kier alpha value is -0.850. The third kappa shape index (κ3) is 3.13. The summed E-state index contributed by atoms with van der Waals surface area (Å²) >= 11 is 0. The molecule has 0 unspecified atom stereocenters. The lowest BCUT2D eigenvalue weighted by molar-refractivity contribution is -0.0818. The molecule has 2 aliphatic heterocycles. The second-order valence-corrected chi connectivity index (χ2v) is 5.47. The average Bonchev–Trinajstić information content (AvgIpc) is 2.32. The highest BCUT2D eigenvalue weighted by molar-refractivity contribution is 5.65. The predicted molar refractivity (Wildman–Crippen MR) is 65.3 cm³/mol. The lowest BCUT2D eigenvalue weighted by Gasteiger charge is -2.42. The topological polar surface area (TPSA) is 96.0 Å². The molecule has 2 fully saturated rings. The van der Waals surface area contributed by atoms with E-state index in [4.69, 9.17) is 10.5 Å². The molecular formula is C12H22N2O4. The summed E-state index contributed by atoms with van der Waals surface area (Å²) < 4.78 is 5.24. The molecule has 2 saturated heterocycles. The Balaban J connectivity index is 1.99. The molecule has 0 aromatic carbocycles. The van der Waals surface area contributed by atoms with Gasteiger partial charge >= 0.3 is 6.09 Å². The number of nitrogens with zero attached hydrogens (tertiary/aromatic N) is 1. The quantitative estimate of drug-likeness (QED) is 0.665. The fraction of sp³-hybridized carbons (Fsp3) is 0.917. The maximum atomic E-state index is 11.2. The minimum absolute atomic E-state index is 0.0818. The SMILES string of the molecule is N[C@H]1CC[C@@H](CC2(O)CCOCC2)N(C(=O)O)C1. The number of piperidine rings is 1. The number of nitrogens with two attached hydrogens (primary N) is 1. The van der Waals surface area contributed by atoms with Crippen molar-refractivity contribution >= 4 is 6.09 Å². The summed E-state index contributed by atoms with van der Waals surface area (Å²) in [4.78, 5) is 12.6. The van der Waals surface area contributed by atoms with Crippen molar-refractivity contribution in [2.24, 2.45) is 5.73 Å². The van der Waals surface area contributed by atoms with Gasteiger partial charge in [-0.1, -0.05) is 0 Å². The molecule has 0 bridgehead atoms. The Morgan fingerprint density at radius 3 is 2.67 bits per heavy atom.